The van der Waals surface area contributed by atoms with Crippen LogP contribution in [-0.2, 0) is 6.42 Å². The Morgan fingerprint density at radius 1 is 1.29 bits per heavy atom. The molecule has 1 saturated heterocycles. The number of hydrogen-bond donors (Lipinski definition) is 0. The van der Waals surface area contributed by atoms with Crippen LogP contribution >= 0.6 is 0 Å². The summed E-state index contributed by atoms with van der Waals surface area (Å²) in [5.74, 6) is 1.93. The Morgan fingerprint density at radius 2 is 2.05 bits per heavy atom. The molecule has 4 heteroatoms. The standard InChI is InChI=1S/C17H24N2O2/c1-3-6-18-7-9-19(10-8-18)13-16-12-14-11-15(20-2)4-5-17(14)21-16/h3-5,11,16H,1,6-10,12-13H2,2H3. The van der Waals surface area contributed by atoms with Crippen LogP contribution in [-0.4, -0.2) is 62.3 Å². The van der Waals surface area contributed by atoms with Crippen LogP contribution in [0.25, 0.3) is 0 Å². The Bertz CT molecular complexity index is 496. The molecule has 2 aliphatic rings. The van der Waals surface area contributed by atoms with Gasteiger partial charge in [-0.2, -0.15) is 0 Å². The predicted molar refractivity (Wildman–Crippen MR) is 84.2 cm³/mol. The summed E-state index contributed by atoms with van der Waals surface area (Å²) in [7, 11) is 1.71. The van der Waals surface area contributed by atoms with E-state index in [2.05, 4.69) is 22.4 Å². The lowest BCUT2D eigenvalue weighted by molar-refractivity contribution is 0.0976. The van der Waals surface area contributed by atoms with E-state index in [-0.39, 0.29) is 6.10 Å². The molecule has 4 nitrogen and oxygen atoms in total. The first kappa shape index (κ1) is 14.4. The Labute approximate surface area is 126 Å². The Hall–Kier alpha value is -1.52. The first-order valence-electron chi connectivity index (χ1n) is 7.67. The normalized spacial score (nSPS) is 22.6. The van der Waals surface area contributed by atoms with Gasteiger partial charge in [0.1, 0.15) is 17.6 Å². The van der Waals surface area contributed by atoms with Gasteiger partial charge in [-0.25, -0.2) is 0 Å². The largest absolute Gasteiger partial charge is 0.497 e. The van der Waals surface area contributed by atoms with E-state index in [0.717, 1.165) is 57.2 Å². The molecule has 1 unspecified atom stereocenters. The lowest BCUT2D eigenvalue weighted by Gasteiger charge is -2.35. The third-order valence-corrected chi connectivity index (χ3v) is 4.32. The van der Waals surface area contributed by atoms with Crippen LogP contribution in [0.4, 0.5) is 0 Å². The van der Waals surface area contributed by atoms with Crippen LogP contribution in [0.15, 0.2) is 30.9 Å². The van der Waals surface area contributed by atoms with Crippen molar-refractivity contribution >= 4 is 0 Å². The van der Waals surface area contributed by atoms with Crippen molar-refractivity contribution < 1.29 is 9.47 Å². The average Bonchev–Trinajstić information content (AvgIpc) is 2.90. The molecule has 1 aromatic rings. The monoisotopic (exact) mass is 288 g/mol. The van der Waals surface area contributed by atoms with Gasteiger partial charge in [0.2, 0.25) is 0 Å². The van der Waals surface area contributed by atoms with Gasteiger partial charge in [-0.1, -0.05) is 6.08 Å². The number of piperazine rings is 1. The molecule has 2 aliphatic heterocycles. The highest BCUT2D eigenvalue weighted by atomic mass is 16.5. The van der Waals surface area contributed by atoms with E-state index >= 15 is 0 Å². The van der Waals surface area contributed by atoms with Crippen LogP contribution in [0.1, 0.15) is 5.56 Å². The number of ether oxygens (including phenoxy) is 2. The lowest BCUT2D eigenvalue weighted by atomic mass is 10.1. The maximum atomic E-state index is 6.06. The highest BCUT2D eigenvalue weighted by Crippen LogP contribution is 2.32. The molecule has 0 N–H and O–H groups in total. The molecule has 1 aromatic carbocycles. The van der Waals surface area contributed by atoms with Gasteiger partial charge in [-0.05, 0) is 18.2 Å². The van der Waals surface area contributed by atoms with Crippen LogP contribution in [0.5, 0.6) is 11.5 Å². The van der Waals surface area contributed by atoms with Gasteiger partial charge in [0, 0.05) is 51.3 Å². The minimum absolute atomic E-state index is 0.276. The third kappa shape index (κ3) is 3.39. The number of nitrogens with zero attached hydrogens (tertiary/aromatic N) is 2. The van der Waals surface area contributed by atoms with Crippen molar-refractivity contribution in [1.29, 1.82) is 0 Å². The smallest absolute Gasteiger partial charge is 0.123 e. The Morgan fingerprint density at radius 3 is 2.76 bits per heavy atom. The molecule has 0 spiro atoms. The van der Waals surface area contributed by atoms with Crippen molar-refractivity contribution in [1.82, 2.24) is 9.80 Å². The highest BCUT2D eigenvalue weighted by Gasteiger charge is 2.26. The Kier molecular flexibility index (Phi) is 4.46. The first-order valence-corrected chi connectivity index (χ1v) is 7.67. The van der Waals surface area contributed by atoms with E-state index in [1.165, 1.54) is 5.56 Å². The molecule has 0 bridgehead atoms. The minimum Gasteiger partial charge on any atom is -0.497 e. The number of methoxy groups -OCH3 is 1. The summed E-state index contributed by atoms with van der Waals surface area (Å²) in [6.07, 6.45) is 3.25. The van der Waals surface area contributed by atoms with Crippen molar-refractivity contribution in [2.45, 2.75) is 12.5 Å². The zero-order valence-corrected chi connectivity index (χ0v) is 12.8. The predicted octanol–water partition coefficient (Wildman–Crippen LogP) is 1.80. The Balaban J connectivity index is 1.51. The molecule has 0 saturated carbocycles. The van der Waals surface area contributed by atoms with Crippen LogP contribution in [0.2, 0.25) is 0 Å². The van der Waals surface area contributed by atoms with E-state index in [0.29, 0.717) is 0 Å². The molecule has 0 amide bonds. The molecule has 0 aromatic heterocycles. The molecule has 114 valence electrons. The molecule has 3 rings (SSSR count). The fourth-order valence-electron chi connectivity index (χ4n) is 3.15. The van der Waals surface area contributed by atoms with Gasteiger partial charge < -0.3 is 9.47 Å². The van der Waals surface area contributed by atoms with Crippen molar-refractivity contribution in [2.75, 3.05) is 46.4 Å². The van der Waals surface area contributed by atoms with Gasteiger partial charge in [-0.3, -0.25) is 9.80 Å². The van der Waals surface area contributed by atoms with Gasteiger partial charge in [-0.15, -0.1) is 6.58 Å². The van der Waals surface area contributed by atoms with Crippen LogP contribution < -0.4 is 9.47 Å². The second-order valence-corrected chi connectivity index (χ2v) is 5.81. The quantitative estimate of drug-likeness (QED) is 0.772. The fourth-order valence-corrected chi connectivity index (χ4v) is 3.15. The van der Waals surface area contributed by atoms with Gasteiger partial charge in [0.25, 0.3) is 0 Å². The summed E-state index contributed by atoms with van der Waals surface area (Å²) in [4.78, 5) is 4.95. The maximum absolute atomic E-state index is 6.06. The SMILES string of the molecule is C=CCN1CCN(CC2Cc3cc(OC)ccc3O2)CC1. The number of fused-ring (bicyclic) bond motifs is 1. The van der Waals surface area contributed by atoms with Crippen LogP contribution in [0, 0.1) is 0 Å². The zero-order chi connectivity index (χ0) is 14.7. The van der Waals surface area contributed by atoms with Gasteiger partial charge in [0.05, 0.1) is 7.11 Å². The first-order chi connectivity index (χ1) is 10.3. The van der Waals surface area contributed by atoms with Crippen LogP contribution in [0.3, 0.4) is 0 Å². The topological polar surface area (TPSA) is 24.9 Å². The second kappa shape index (κ2) is 6.50. The summed E-state index contributed by atoms with van der Waals surface area (Å²) in [6.45, 7) is 10.3. The molecule has 1 atom stereocenters. The fraction of sp³-hybridized carbons (Fsp3) is 0.529. The number of benzene rings is 1. The number of hydrogen-bond acceptors (Lipinski definition) is 4. The van der Waals surface area contributed by atoms with Gasteiger partial charge in [0.15, 0.2) is 0 Å². The van der Waals surface area contributed by atoms with Crippen molar-refractivity contribution in [3.05, 3.63) is 36.4 Å². The summed E-state index contributed by atoms with van der Waals surface area (Å²) in [5.41, 5.74) is 1.27. The highest BCUT2D eigenvalue weighted by molar-refractivity contribution is 5.43. The molecular weight excluding hydrogens is 264 g/mol. The van der Waals surface area contributed by atoms with Crippen molar-refractivity contribution in [3.63, 3.8) is 0 Å². The summed E-state index contributed by atoms with van der Waals surface area (Å²) in [5, 5.41) is 0. The van der Waals surface area contributed by atoms with Crippen molar-refractivity contribution in [2.24, 2.45) is 0 Å². The molecule has 1 fully saturated rings. The van der Waals surface area contributed by atoms with Gasteiger partial charge >= 0.3 is 0 Å². The average molecular weight is 288 g/mol. The van der Waals surface area contributed by atoms with E-state index in [9.17, 15) is 0 Å². The molecule has 2 heterocycles. The summed E-state index contributed by atoms with van der Waals surface area (Å²) >= 11 is 0. The van der Waals surface area contributed by atoms with Crippen molar-refractivity contribution in [3.8, 4) is 11.5 Å². The minimum atomic E-state index is 0.276. The third-order valence-electron chi connectivity index (χ3n) is 4.32. The molecule has 0 aliphatic carbocycles. The van der Waals surface area contributed by atoms with E-state index in [1.54, 1.807) is 7.11 Å². The maximum Gasteiger partial charge on any atom is 0.123 e. The molecule has 0 radical (unpaired) electrons. The molecular formula is C17H24N2O2. The zero-order valence-electron chi connectivity index (χ0n) is 12.8. The van der Waals surface area contributed by atoms with E-state index in [1.807, 2.05) is 18.2 Å². The lowest BCUT2D eigenvalue weighted by Crippen LogP contribution is -2.49. The summed E-state index contributed by atoms with van der Waals surface area (Å²) < 4.78 is 11.3. The van der Waals surface area contributed by atoms with E-state index in [4.69, 9.17) is 9.47 Å². The summed E-state index contributed by atoms with van der Waals surface area (Å²) in [6, 6.07) is 6.09. The van der Waals surface area contributed by atoms with E-state index < -0.39 is 0 Å². The second-order valence-electron chi connectivity index (χ2n) is 5.81. The molecule has 21 heavy (non-hydrogen) atoms. The number of rotatable bonds is 5.